The second-order valence-corrected chi connectivity index (χ2v) is 5.50. The topological polar surface area (TPSA) is 57.2 Å². The lowest BCUT2D eigenvalue weighted by molar-refractivity contribution is 0.463. The van der Waals surface area contributed by atoms with Gasteiger partial charge in [-0.2, -0.15) is 0 Å². The summed E-state index contributed by atoms with van der Waals surface area (Å²) in [6, 6.07) is 3.10. The van der Waals surface area contributed by atoms with Gasteiger partial charge >= 0.3 is 0 Å². The average Bonchev–Trinajstić information content (AvgIpc) is 2.40. The van der Waals surface area contributed by atoms with Crippen LogP contribution in [0.1, 0.15) is 38.3 Å². The first-order chi connectivity index (χ1) is 9.43. The number of aromatic hydroxyl groups is 1. The fraction of sp³-hybridized carbons (Fsp3) is 0.438. The Labute approximate surface area is 117 Å². The van der Waals surface area contributed by atoms with Crippen LogP contribution in [0.2, 0.25) is 0 Å². The molecule has 1 heterocycles. The van der Waals surface area contributed by atoms with Gasteiger partial charge in [0.25, 0.3) is 0 Å². The molecule has 2 rings (SSSR count). The number of phenolic OH excluding ortho intramolecular Hbond substituents is 1. The average molecular weight is 277 g/mol. The summed E-state index contributed by atoms with van der Waals surface area (Å²) in [5.41, 5.74) is 1.03. The molecule has 0 radical (unpaired) electrons. The quantitative estimate of drug-likeness (QED) is 0.890. The molecule has 0 aliphatic heterocycles. The predicted molar refractivity (Wildman–Crippen MR) is 76.2 cm³/mol. The summed E-state index contributed by atoms with van der Waals surface area (Å²) in [5.74, 6) is 0.00610. The lowest BCUT2D eigenvalue weighted by Crippen LogP contribution is -2.07. The Hall–Kier alpha value is -1.84. The van der Waals surface area contributed by atoms with Gasteiger partial charge in [0.15, 0.2) is 11.4 Å². The summed E-state index contributed by atoms with van der Waals surface area (Å²) in [4.78, 5) is 0. The lowest BCUT2D eigenvalue weighted by Gasteiger charge is -2.10. The van der Waals surface area contributed by atoms with E-state index in [9.17, 15) is 9.50 Å². The van der Waals surface area contributed by atoms with Crippen LogP contribution in [0.25, 0.3) is 11.0 Å². The van der Waals surface area contributed by atoms with Crippen molar-refractivity contribution in [3.63, 3.8) is 0 Å². The minimum atomic E-state index is -0.463. The predicted octanol–water partition coefficient (Wildman–Crippen LogP) is 3.91. The Balaban J connectivity index is 2.60. The normalized spacial score (nSPS) is 11.4. The van der Waals surface area contributed by atoms with Gasteiger partial charge in [0.1, 0.15) is 5.75 Å². The molecule has 0 aliphatic carbocycles. The van der Waals surface area contributed by atoms with Gasteiger partial charge in [0.05, 0.1) is 5.39 Å². The Morgan fingerprint density at radius 1 is 1.30 bits per heavy atom. The van der Waals surface area contributed by atoms with Crippen LogP contribution in [0.4, 0.5) is 4.39 Å². The molecule has 0 atom stereocenters. The Kier molecular flexibility index (Phi) is 4.12. The number of aryl methyl sites for hydroxylation is 2. The number of nitrogens with one attached hydrogen (secondary N) is 1. The largest absolute Gasteiger partial charge is 0.507 e. The van der Waals surface area contributed by atoms with Crippen molar-refractivity contribution in [1.29, 1.82) is 5.41 Å². The third-order valence-electron chi connectivity index (χ3n) is 3.50. The summed E-state index contributed by atoms with van der Waals surface area (Å²) in [6.07, 6.45) is 1.99. The molecule has 0 unspecified atom stereocenters. The highest BCUT2D eigenvalue weighted by Crippen LogP contribution is 2.30. The molecule has 0 fully saturated rings. The van der Waals surface area contributed by atoms with Gasteiger partial charge in [-0.05, 0) is 42.9 Å². The van der Waals surface area contributed by atoms with E-state index in [-0.39, 0.29) is 16.9 Å². The zero-order valence-corrected chi connectivity index (χ0v) is 12.1. The Morgan fingerprint density at radius 2 is 2.00 bits per heavy atom. The number of benzene rings is 1. The first kappa shape index (κ1) is 14.6. The number of fused-ring (bicyclic) bond motifs is 1. The first-order valence-electron chi connectivity index (χ1n) is 6.95. The lowest BCUT2D eigenvalue weighted by atomic mass is 10.00. The van der Waals surface area contributed by atoms with Gasteiger partial charge in [-0.3, -0.25) is 5.41 Å². The highest BCUT2D eigenvalue weighted by atomic mass is 19.1. The zero-order valence-electron chi connectivity index (χ0n) is 12.1. The van der Waals surface area contributed by atoms with Crippen LogP contribution in [0, 0.1) is 17.1 Å². The van der Waals surface area contributed by atoms with Crippen molar-refractivity contribution in [2.75, 3.05) is 0 Å². The van der Waals surface area contributed by atoms with Crippen LogP contribution >= 0.6 is 0 Å². The summed E-state index contributed by atoms with van der Waals surface area (Å²) in [5, 5.41) is 18.1. The van der Waals surface area contributed by atoms with Crippen LogP contribution in [-0.4, -0.2) is 5.11 Å². The molecule has 3 nitrogen and oxygen atoms in total. The van der Waals surface area contributed by atoms with E-state index in [1.54, 1.807) is 6.07 Å². The van der Waals surface area contributed by atoms with Gasteiger partial charge in [0.2, 0.25) is 5.55 Å². The molecule has 0 saturated heterocycles. The van der Waals surface area contributed by atoms with Crippen LogP contribution < -0.4 is 5.55 Å². The highest BCUT2D eigenvalue weighted by molar-refractivity contribution is 5.85. The molecule has 0 spiro atoms. The fourth-order valence-electron chi connectivity index (χ4n) is 2.22. The monoisotopic (exact) mass is 277 g/mol. The summed E-state index contributed by atoms with van der Waals surface area (Å²) in [7, 11) is 0. The Bertz CT molecular complexity index is 689. The van der Waals surface area contributed by atoms with Gasteiger partial charge in [0, 0.05) is 5.56 Å². The SMILES string of the molecule is CCc1cc2c(O)cc(CCC(C)C)c(F)c2oc1=N. The molecule has 20 heavy (non-hydrogen) atoms. The van der Waals surface area contributed by atoms with Crippen molar-refractivity contribution < 1.29 is 13.9 Å². The van der Waals surface area contributed by atoms with Crippen LogP contribution in [0.3, 0.4) is 0 Å². The van der Waals surface area contributed by atoms with Crippen molar-refractivity contribution in [3.8, 4) is 5.75 Å². The maximum absolute atomic E-state index is 14.4. The molecule has 0 bridgehead atoms. The molecule has 0 aliphatic rings. The summed E-state index contributed by atoms with van der Waals surface area (Å²) < 4.78 is 19.7. The Morgan fingerprint density at radius 3 is 2.60 bits per heavy atom. The summed E-state index contributed by atoms with van der Waals surface area (Å²) in [6.45, 7) is 6.02. The second kappa shape index (κ2) is 5.65. The van der Waals surface area contributed by atoms with Gasteiger partial charge < -0.3 is 9.52 Å². The molecule has 1 aromatic heterocycles. The van der Waals surface area contributed by atoms with E-state index >= 15 is 0 Å². The van der Waals surface area contributed by atoms with E-state index in [1.165, 1.54) is 6.07 Å². The molecule has 108 valence electrons. The van der Waals surface area contributed by atoms with E-state index in [1.807, 2.05) is 6.92 Å². The number of rotatable bonds is 4. The zero-order chi connectivity index (χ0) is 14.9. The summed E-state index contributed by atoms with van der Waals surface area (Å²) >= 11 is 0. The maximum Gasteiger partial charge on any atom is 0.215 e. The second-order valence-electron chi connectivity index (χ2n) is 5.50. The minimum absolute atomic E-state index is 0.0126. The molecular formula is C16H20FNO2. The molecule has 4 heteroatoms. The van der Waals surface area contributed by atoms with Crippen molar-refractivity contribution in [1.82, 2.24) is 0 Å². The van der Waals surface area contributed by atoms with Gasteiger partial charge in [-0.25, -0.2) is 4.39 Å². The molecule has 1 aromatic carbocycles. The van der Waals surface area contributed by atoms with E-state index in [0.717, 1.165) is 6.42 Å². The van der Waals surface area contributed by atoms with Crippen LogP contribution in [0.15, 0.2) is 16.5 Å². The van der Waals surface area contributed by atoms with Crippen molar-refractivity contribution in [3.05, 3.63) is 34.6 Å². The van der Waals surface area contributed by atoms with Gasteiger partial charge in [-0.1, -0.05) is 20.8 Å². The molecule has 0 amide bonds. The smallest absolute Gasteiger partial charge is 0.215 e. The number of phenols is 1. The highest BCUT2D eigenvalue weighted by Gasteiger charge is 2.15. The van der Waals surface area contributed by atoms with Crippen molar-refractivity contribution >= 4 is 11.0 Å². The van der Waals surface area contributed by atoms with Crippen LogP contribution in [0.5, 0.6) is 5.75 Å². The molecule has 0 saturated carbocycles. The maximum atomic E-state index is 14.4. The fourth-order valence-corrected chi connectivity index (χ4v) is 2.22. The van der Waals surface area contributed by atoms with E-state index < -0.39 is 5.82 Å². The molecule has 2 N–H and O–H groups in total. The standard InChI is InChI=1S/C16H20FNO2/c1-4-10-7-12-13(19)8-11(6-5-9(2)3)14(17)15(12)20-16(10)18/h7-9,18-19H,4-6H2,1-3H3. The third-order valence-corrected chi connectivity index (χ3v) is 3.50. The molecule has 2 aromatic rings. The number of hydrogen-bond acceptors (Lipinski definition) is 3. The number of halogens is 1. The van der Waals surface area contributed by atoms with Crippen LogP contribution in [-0.2, 0) is 12.8 Å². The van der Waals surface area contributed by atoms with E-state index in [4.69, 9.17) is 9.83 Å². The van der Waals surface area contributed by atoms with Gasteiger partial charge in [-0.15, -0.1) is 0 Å². The minimum Gasteiger partial charge on any atom is -0.507 e. The first-order valence-corrected chi connectivity index (χ1v) is 6.95. The van der Waals surface area contributed by atoms with Crippen molar-refractivity contribution in [2.24, 2.45) is 5.92 Å². The van der Waals surface area contributed by atoms with E-state index in [2.05, 4.69) is 13.8 Å². The van der Waals surface area contributed by atoms with E-state index in [0.29, 0.717) is 35.3 Å². The molecular weight excluding hydrogens is 257 g/mol. The third kappa shape index (κ3) is 2.69. The van der Waals surface area contributed by atoms with Crippen molar-refractivity contribution in [2.45, 2.75) is 40.0 Å². The number of hydrogen-bond donors (Lipinski definition) is 2.